The fourth-order valence-corrected chi connectivity index (χ4v) is 4.41. The third-order valence-electron chi connectivity index (χ3n) is 7.17. The van der Waals surface area contributed by atoms with E-state index in [2.05, 4.69) is 96.1 Å². The number of ketones is 1. The van der Waals surface area contributed by atoms with Gasteiger partial charge in [-0.2, -0.15) is 0 Å². The predicted molar refractivity (Wildman–Crippen MR) is 167 cm³/mol. The molecule has 5 nitrogen and oxygen atoms in total. The topological polar surface area (TPSA) is 68.0 Å². The van der Waals surface area contributed by atoms with E-state index in [1.165, 1.54) is 27.9 Å². The van der Waals surface area contributed by atoms with Gasteiger partial charge in [-0.3, -0.25) is 9.78 Å². The van der Waals surface area contributed by atoms with E-state index in [0.717, 1.165) is 27.7 Å². The second-order valence-corrected chi connectivity index (χ2v) is 12.8. The van der Waals surface area contributed by atoms with Crippen molar-refractivity contribution in [3.8, 4) is 11.3 Å². The number of aliphatic hydroxyl groups is 1. The Hall–Kier alpha value is -3.34. The summed E-state index contributed by atoms with van der Waals surface area (Å²) in [6, 6.07) is 22.7. The number of nitrogens with zero attached hydrogens (tertiary/aromatic N) is 3. The minimum absolute atomic E-state index is 0. The molecule has 1 N–H and O–H groups in total. The molecule has 217 valence electrons. The Balaban J connectivity index is 0.000000284. The normalized spacial score (nSPS) is 12.4. The summed E-state index contributed by atoms with van der Waals surface area (Å²) in [4.78, 5) is 20.7. The number of hydrogen-bond donors (Lipinski definition) is 1. The average molecular weight is 727 g/mol. The number of aryl methyl sites for hydroxylation is 1. The number of aromatic nitrogens is 3. The summed E-state index contributed by atoms with van der Waals surface area (Å²) in [6.45, 7) is 15.5. The first-order valence-corrected chi connectivity index (χ1v) is 13.8. The van der Waals surface area contributed by atoms with E-state index in [4.69, 9.17) is 0 Å². The molecule has 2 heterocycles. The number of rotatable bonds is 3. The van der Waals surface area contributed by atoms with Gasteiger partial charge >= 0.3 is 0 Å². The summed E-state index contributed by atoms with van der Waals surface area (Å²) in [7, 11) is 2.09. The molecule has 5 aromatic rings. The van der Waals surface area contributed by atoms with E-state index in [0.29, 0.717) is 5.92 Å². The van der Waals surface area contributed by atoms with Crippen LogP contribution in [0.2, 0.25) is 0 Å². The molecule has 0 saturated heterocycles. The molecule has 0 spiro atoms. The largest absolute Gasteiger partial charge is 0.512 e. The van der Waals surface area contributed by atoms with Crippen molar-refractivity contribution in [1.29, 1.82) is 0 Å². The molecule has 0 aliphatic rings. The first kappa shape index (κ1) is 32.2. The van der Waals surface area contributed by atoms with Gasteiger partial charge in [0, 0.05) is 55.1 Å². The third kappa shape index (κ3) is 6.94. The van der Waals surface area contributed by atoms with Crippen LogP contribution in [0.5, 0.6) is 0 Å². The molecule has 5 rings (SSSR count). The van der Waals surface area contributed by atoms with Crippen LogP contribution in [0.3, 0.4) is 0 Å². The van der Waals surface area contributed by atoms with Gasteiger partial charge in [0.25, 0.3) is 0 Å². The second kappa shape index (κ2) is 12.3. The van der Waals surface area contributed by atoms with Gasteiger partial charge in [0.1, 0.15) is 12.1 Å². The second-order valence-electron chi connectivity index (χ2n) is 12.8. The zero-order valence-corrected chi connectivity index (χ0v) is 27.9. The number of benzene rings is 3. The smallest absolute Gasteiger partial charge is 0.164 e. The van der Waals surface area contributed by atoms with Crippen molar-refractivity contribution in [1.82, 2.24) is 14.5 Å². The minimum atomic E-state index is -0.417. The maximum Gasteiger partial charge on any atom is 0.164 e. The molecule has 0 amide bonds. The summed E-state index contributed by atoms with van der Waals surface area (Å²) < 4.78 is 2.20. The molecule has 0 saturated carbocycles. The fourth-order valence-electron chi connectivity index (χ4n) is 4.41. The molecule has 0 aliphatic heterocycles. The Morgan fingerprint density at radius 1 is 0.951 bits per heavy atom. The number of allylic oxidation sites excluding steroid dienone is 2. The van der Waals surface area contributed by atoms with Crippen LogP contribution in [0, 0.1) is 16.9 Å². The van der Waals surface area contributed by atoms with Crippen LogP contribution in [0.1, 0.15) is 66.9 Å². The van der Waals surface area contributed by atoms with Crippen LogP contribution in [-0.4, -0.2) is 25.4 Å². The number of aliphatic hydroxyl groups excluding tert-OH is 1. The molecule has 0 bridgehead atoms. The first-order valence-electron chi connectivity index (χ1n) is 13.8. The molecule has 0 aliphatic carbocycles. The zero-order chi connectivity index (χ0) is 29.4. The van der Waals surface area contributed by atoms with E-state index in [9.17, 15) is 9.90 Å². The molecule has 0 atom stereocenters. The molecule has 0 fully saturated rings. The van der Waals surface area contributed by atoms with Gasteiger partial charge in [0.05, 0.1) is 16.6 Å². The fraction of sp³-hybridized carbons (Fsp3) is 0.343. The zero-order valence-electron chi connectivity index (χ0n) is 25.5. The van der Waals surface area contributed by atoms with Crippen molar-refractivity contribution < 1.29 is 30.0 Å². The van der Waals surface area contributed by atoms with E-state index >= 15 is 0 Å². The van der Waals surface area contributed by atoms with Crippen LogP contribution >= 0.6 is 0 Å². The van der Waals surface area contributed by atoms with Crippen LogP contribution in [0.15, 0.2) is 72.8 Å². The molecule has 0 unspecified atom stereocenters. The van der Waals surface area contributed by atoms with Gasteiger partial charge in [-0.1, -0.05) is 85.6 Å². The maximum atomic E-state index is 11.5. The molecule has 1 radical (unpaired) electrons. The van der Waals surface area contributed by atoms with Crippen LogP contribution in [-0.2, 0) is 31.9 Å². The van der Waals surface area contributed by atoms with Crippen LogP contribution < -0.4 is 0 Å². The van der Waals surface area contributed by atoms with Gasteiger partial charge in [-0.05, 0) is 22.9 Å². The van der Waals surface area contributed by atoms with Crippen LogP contribution in [0.25, 0.3) is 44.0 Å². The summed E-state index contributed by atoms with van der Waals surface area (Å²) in [5.74, 6) is 0.595. The van der Waals surface area contributed by atoms with Crippen molar-refractivity contribution in [2.75, 3.05) is 0 Å². The number of hydrogen-bond acceptors (Lipinski definition) is 4. The molecule has 41 heavy (non-hydrogen) atoms. The SMILES string of the molecule is CC(C)(C)C(=O)/C=C(\O)C(C)(C)C.CC(C)c1c[c-]c(-c2ncnc3c4cc5ccccc5cc4n(C)c23)cc1.[Ir]. The Kier molecular flexibility index (Phi) is 9.62. The summed E-state index contributed by atoms with van der Waals surface area (Å²) in [6.07, 6.45) is 3.00. The van der Waals surface area contributed by atoms with Gasteiger partial charge in [0.2, 0.25) is 0 Å². The van der Waals surface area contributed by atoms with Gasteiger partial charge in [0.15, 0.2) is 5.78 Å². The number of carbonyl (C=O) groups excluding carboxylic acids is 1. The third-order valence-corrected chi connectivity index (χ3v) is 7.17. The Morgan fingerprint density at radius 3 is 2.12 bits per heavy atom. The molecular weight excluding hydrogens is 687 g/mol. The van der Waals surface area contributed by atoms with E-state index in [-0.39, 0.29) is 37.1 Å². The predicted octanol–water partition coefficient (Wildman–Crippen LogP) is 8.95. The molecule has 2 aromatic heterocycles. The summed E-state index contributed by atoms with van der Waals surface area (Å²) in [5, 5.41) is 13.2. The minimum Gasteiger partial charge on any atom is -0.512 e. The maximum absolute atomic E-state index is 11.5. The molecular formula is C35H40IrN3O2-. The molecule has 3 aromatic carbocycles. The monoisotopic (exact) mass is 727 g/mol. The van der Waals surface area contributed by atoms with Crippen LogP contribution in [0.4, 0.5) is 0 Å². The van der Waals surface area contributed by atoms with Gasteiger partial charge < -0.3 is 9.67 Å². The van der Waals surface area contributed by atoms with Gasteiger partial charge in [-0.15, -0.1) is 35.4 Å². The molecule has 6 heteroatoms. The van der Waals surface area contributed by atoms with E-state index < -0.39 is 5.41 Å². The van der Waals surface area contributed by atoms with Crippen molar-refractivity contribution >= 4 is 38.5 Å². The Labute approximate surface area is 257 Å². The van der Waals surface area contributed by atoms with E-state index in [1.54, 1.807) is 6.33 Å². The average Bonchev–Trinajstić information content (AvgIpc) is 3.18. The number of carbonyl (C=O) groups is 1. The number of fused-ring (bicyclic) bond motifs is 4. The first-order chi connectivity index (χ1) is 18.7. The summed E-state index contributed by atoms with van der Waals surface area (Å²) in [5.41, 5.74) is 5.66. The summed E-state index contributed by atoms with van der Waals surface area (Å²) >= 11 is 0. The standard InChI is InChI=1S/C24H20N3.C11H20O2.Ir/c1-15(2)16-8-10-17(11-9-16)22-24-23(26-14-25-22)20-12-18-6-4-5-7-19(18)13-21(20)27(24)3;1-10(2,3)8(12)7-9(13)11(4,5)6;/h4-10,12-15H,1-3H3;7,12H,1-6H3;/q-1;;/b;8-7-;. The van der Waals surface area contributed by atoms with Gasteiger partial charge in [-0.25, -0.2) is 4.98 Å². The Bertz CT molecular complexity index is 1720. The Morgan fingerprint density at radius 2 is 1.59 bits per heavy atom. The quantitative estimate of drug-likeness (QED) is 0.115. The van der Waals surface area contributed by atoms with E-state index in [1.807, 2.05) is 41.5 Å². The van der Waals surface area contributed by atoms with Crippen molar-refractivity contribution in [3.05, 3.63) is 84.4 Å². The van der Waals surface area contributed by atoms with Crippen molar-refractivity contribution in [2.24, 2.45) is 17.9 Å². The van der Waals surface area contributed by atoms with Crippen molar-refractivity contribution in [2.45, 2.75) is 61.3 Å². The van der Waals surface area contributed by atoms with Crippen molar-refractivity contribution in [3.63, 3.8) is 0 Å².